The van der Waals surface area contributed by atoms with Gasteiger partial charge >= 0.3 is 0 Å². The van der Waals surface area contributed by atoms with E-state index in [2.05, 4.69) is 16.0 Å². The van der Waals surface area contributed by atoms with Gasteiger partial charge in [-0.3, -0.25) is 9.88 Å². The first-order chi connectivity index (χ1) is 13.2. The highest BCUT2D eigenvalue weighted by Crippen LogP contribution is 2.38. The molecule has 6 heteroatoms. The van der Waals surface area contributed by atoms with E-state index >= 15 is 0 Å². The standard InChI is InChI=1S/C21H28N2O4/c1-24-19-11-16(12-20(25-2)21(19)26-3)13-23(15-18-8-6-10-27-18)14-17-7-4-5-9-22-17/h4-5,7,9,11-12,18H,6,8,10,13-15H2,1-3H3/t18-/m1/s1. The van der Waals surface area contributed by atoms with E-state index in [9.17, 15) is 0 Å². The minimum Gasteiger partial charge on any atom is -0.493 e. The number of hydrogen-bond acceptors (Lipinski definition) is 6. The van der Waals surface area contributed by atoms with Crippen molar-refractivity contribution in [2.24, 2.45) is 0 Å². The van der Waals surface area contributed by atoms with Crippen molar-refractivity contribution in [3.8, 4) is 17.2 Å². The molecular formula is C21H28N2O4. The fourth-order valence-electron chi connectivity index (χ4n) is 3.47. The fourth-order valence-corrected chi connectivity index (χ4v) is 3.47. The summed E-state index contributed by atoms with van der Waals surface area (Å²) in [5, 5.41) is 0. The predicted molar refractivity (Wildman–Crippen MR) is 103 cm³/mol. The van der Waals surface area contributed by atoms with Gasteiger partial charge in [-0.2, -0.15) is 0 Å². The van der Waals surface area contributed by atoms with Crippen LogP contribution < -0.4 is 14.2 Å². The molecule has 1 saturated heterocycles. The van der Waals surface area contributed by atoms with Gasteiger partial charge in [0.15, 0.2) is 11.5 Å². The molecule has 6 nitrogen and oxygen atoms in total. The molecule has 0 aliphatic carbocycles. The Morgan fingerprint density at radius 3 is 2.41 bits per heavy atom. The third-order valence-corrected chi connectivity index (χ3v) is 4.73. The van der Waals surface area contributed by atoms with Crippen molar-refractivity contribution in [3.05, 3.63) is 47.8 Å². The van der Waals surface area contributed by atoms with Crippen molar-refractivity contribution in [1.29, 1.82) is 0 Å². The Balaban J connectivity index is 1.81. The second kappa shape index (κ2) is 9.58. The molecule has 3 rings (SSSR count). The maximum Gasteiger partial charge on any atom is 0.203 e. The molecule has 0 N–H and O–H groups in total. The zero-order valence-corrected chi connectivity index (χ0v) is 16.3. The Kier molecular flexibility index (Phi) is 6.90. The van der Waals surface area contributed by atoms with Crippen LogP contribution in [-0.4, -0.2) is 50.5 Å². The van der Waals surface area contributed by atoms with Crippen LogP contribution in [0.5, 0.6) is 17.2 Å². The van der Waals surface area contributed by atoms with Crippen LogP contribution in [0.1, 0.15) is 24.1 Å². The Morgan fingerprint density at radius 1 is 1.07 bits per heavy atom. The van der Waals surface area contributed by atoms with E-state index in [0.29, 0.717) is 17.2 Å². The van der Waals surface area contributed by atoms with E-state index in [4.69, 9.17) is 18.9 Å². The smallest absolute Gasteiger partial charge is 0.203 e. The van der Waals surface area contributed by atoms with Crippen LogP contribution in [0.2, 0.25) is 0 Å². The first kappa shape index (κ1) is 19.5. The lowest BCUT2D eigenvalue weighted by atomic mass is 10.1. The van der Waals surface area contributed by atoms with Gasteiger partial charge in [-0.05, 0) is 42.7 Å². The molecule has 2 aromatic rings. The van der Waals surface area contributed by atoms with E-state index in [0.717, 1.165) is 50.3 Å². The number of methoxy groups -OCH3 is 3. The molecule has 1 aliphatic rings. The average molecular weight is 372 g/mol. The molecule has 0 spiro atoms. The van der Waals surface area contributed by atoms with Gasteiger partial charge in [-0.15, -0.1) is 0 Å². The van der Waals surface area contributed by atoms with Crippen molar-refractivity contribution < 1.29 is 18.9 Å². The highest BCUT2D eigenvalue weighted by molar-refractivity contribution is 5.53. The van der Waals surface area contributed by atoms with Gasteiger partial charge in [0.25, 0.3) is 0 Å². The Morgan fingerprint density at radius 2 is 1.85 bits per heavy atom. The molecule has 1 atom stereocenters. The third kappa shape index (κ3) is 5.11. The molecule has 0 saturated carbocycles. The van der Waals surface area contributed by atoms with Crippen LogP contribution in [0.15, 0.2) is 36.5 Å². The highest BCUT2D eigenvalue weighted by atomic mass is 16.5. The van der Waals surface area contributed by atoms with Gasteiger partial charge in [0, 0.05) is 32.4 Å². The minimum atomic E-state index is 0.274. The number of rotatable bonds is 9. The molecule has 1 aromatic carbocycles. The lowest BCUT2D eigenvalue weighted by molar-refractivity contribution is 0.0674. The summed E-state index contributed by atoms with van der Waals surface area (Å²) in [5.41, 5.74) is 2.14. The first-order valence-electron chi connectivity index (χ1n) is 9.26. The van der Waals surface area contributed by atoms with E-state index in [1.165, 1.54) is 0 Å². The summed E-state index contributed by atoms with van der Waals surface area (Å²) in [7, 11) is 4.89. The molecule has 1 aliphatic heterocycles. The Bertz CT molecular complexity index is 692. The van der Waals surface area contributed by atoms with Gasteiger partial charge < -0.3 is 18.9 Å². The largest absolute Gasteiger partial charge is 0.493 e. The summed E-state index contributed by atoms with van der Waals surface area (Å²) in [6.07, 6.45) is 4.34. The van der Waals surface area contributed by atoms with Crippen molar-refractivity contribution in [1.82, 2.24) is 9.88 Å². The number of hydrogen-bond donors (Lipinski definition) is 0. The first-order valence-corrected chi connectivity index (χ1v) is 9.26. The van der Waals surface area contributed by atoms with Crippen LogP contribution in [0, 0.1) is 0 Å². The minimum absolute atomic E-state index is 0.274. The topological polar surface area (TPSA) is 53.1 Å². The number of ether oxygens (including phenoxy) is 4. The normalized spacial score (nSPS) is 16.5. The second-order valence-electron chi connectivity index (χ2n) is 6.66. The van der Waals surface area contributed by atoms with E-state index < -0.39 is 0 Å². The lowest BCUT2D eigenvalue weighted by Crippen LogP contribution is -2.31. The molecule has 0 bridgehead atoms. The van der Waals surface area contributed by atoms with Crippen molar-refractivity contribution in [3.63, 3.8) is 0 Å². The summed E-state index contributed by atoms with van der Waals surface area (Å²) >= 11 is 0. The Labute approximate surface area is 161 Å². The van der Waals surface area contributed by atoms with Crippen molar-refractivity contribution in [2.45, 2.75) is 32.0 Å². The maximum atomic E-state index is 5.85. The van der Waals surface area contributed by atoms with Crippen LogP contribution >= 0.6 is 0 Å². The molecule has 27 heavy (non-hydrogen) atoms. The molecule has 0 unspecified atom stereocenters. The highest BCUT2D eigenvalue weighted by Gasteiger charge is 2.21. The fraction of sp³-hybridized carbons (Fsp3) is 0.476. The predicted octanol–water partition coefficient (Wildman–Crippen LogP) is 3.29. The van der Waals surface area contributed by atoms with Crippen LogP contribution in [0.3, 0.4) is 0 Å². The number of nitrogens with zero attached hydrogens (tertiary/aromatic N) is 2. The number of pyridine rings is 1. The third-order valence-electron chi connectivity index (χ3n) is 4.73. The molecule has 2 heterocycles. The summed E-state index contributed by atoms with van der Waals surface area (Å²) in [6, 6.07) is 10.0. The van der Waals surface area contributed by atoms with Crippen LogP contribution in [0.25, 0.3) is 0 Å². The van der Waals surface area contributed by atoms with E-state index in [1.54, 1.807) is 21.3 Å². The van der Waals surface area contributed by atoms with Gasteiger partial charge in [0.1, 0.15) is 0 Å². The van der Waals surface area contributed by atoms with E-state index in [-0.39, 0.29) is 6.10 Å². The van der Waals surface area contributed by atoms with Crippen molar-refractivity contribution >= 4 is 0 Å². The molecule has 1 aromatic heterocycles. The molecular weight excluding hydrogens is 344 g/mol. The second-order valence-corrected chi connectivity index (χ2v) is 6.66. The molecule has 0 radical (unpaired) electrons. The zero-order valence-electron chi connectivity index (χ0n) is 16.3. The molecule has 0 amide bonds. The number of benzene rings is 1. The monoisotopic (exact) mass is 372 g/mol. The van der Waals surface area contributed by atoms with Crippen LogP contribution in [0.4, 0.5) is 0 Å². The van der Waals surface area contributed by atoms with Gasteiger partial charge in [0.05, 0.1) is 33.1 Å². The quantitative estimate of drug-likeness (QED) is 0.673. The lowest BCUT2D eigenvalue weighted by Gasteiger charge is -2.25. The van der Waals surface area contributed by atoms with Crippen LogP contribution in [-0.2, 0) is 17.8 Å². The Hall–Kier alpha value is -2.31. The van der Waals surface area contributed by atoms with Crippen molar-refractivity contribution in [2.75, 3.05) is 34.5 Å². The number of aromatic nitrogens is 1. The maximum absolute atomic E-state index is 5.85. The zero-order chi connectivity index (χ0) is 19.1. The molecule has 1 fully saturated rings. The summed E-state index contributed by atoms with van der Waals surface area (Å²) in [5.74, 6) is 1.95. The summed E-state index contributed by atoms with van der Waals surface area (Å²) in [4.78, 5) is 6.84. The summed E-state index contributed by atoms with van der Waals surface area (Å²) < 4.78 is 22.3. The van der Waals surface area contributed by atoms with Gasteiger partial charge in [-0.1, -0.05) is 6.07 Å². The van der Waals surface area contributed by atoms with Gasteiger partial charge in [-0.25, -0.2) is 0 Å². The molecule has 146 valence electrons. The van der Waals surface area contributed by atoms with Gasteiger partial charge in [0.2, 0.25) is 5.75 Å². The summed E-state index contributed by atoms with van der Waals surface area (Å²) in [6.45, 7) is 3.23. The average Bonchev–Trinajstić information content (AvgIpc) is 3.20. The van der Waals surface area contributed by atoms with E-state index in [1.807, 2.05) is 30.5 Å². The SMILES string of the molecule is COc1cc(CN(Cc2ccccn2)C[C@H]2CCCO2)cc(OC)c1OC.